The molecule has 3 rings (SSSR count). The van der Waals surface area contributed by atoms with Gasteiger partial charge in [-0.2, -0.15) is 4.98 Å². The second-order valence-electron chi connectivity index (χ2n) is 5.36. The molecule has 0 radical (unpaired) electrons. The summed E-state index contributed by atoms with van der Waals surface area (Å²) < 4.78 is 11.6. The molecule has 0 aliphatic carbocycles. The van der Waals surface area contributed by atoms with Crippen LogP contribution in [0.2, 0.25) is 0 Å². The van der Waals surface area contributed by atoms with Crippen molar-refractivity contribution in [1.29, 1.82) is 0 Å². The standard InChI is InChI=1S/C16H16BrN3O3S/c1-9-5-11(10(2)22-9)7-18-14(21)3-4-15-19-16(20-23-15)13-6-12(17)8-24-13/h5-6,8H,3-4,7H2,1-2H3,(H,18,21). The first-order chi connectivity index (χ1) is 11.5. The zero-order chi connectivity index (χ0) is 17.1. The molecule has 6 nitrogen and oxygen atoms in total. The van der Waals surface area contributed by atoms with Gasteiger partial charge in [0, 0.05) is 34.8 Å². The Balaban J connectivity index is 1.49. The maximum atomic E-state index is 12.0. The highest BCUT2D eigenvalue weighted by Gasteiger charge is 2.12. The maximum Gasteiger partial charge on any atom is 0.227 e. The molecule has 8 heteroatoms. The fourth-order valence-electron chi connectivity index (χ4n) is 2.25. The lowest BCUT2D eigenvalue weighted by molar-refractivity contribution is -0.121. The Bertz CT molecular complexity index is 853. The summed E-state index contributed by atoms with van der Waals surface area (Å²) in [6, 6.07) is 3.86. The normalized spacial score (nSPS) is 11.0. The lowest BCUT2D eigenvalue weighted by Crippen LogP contribution is -2.23. The highest BCUT2D eigenvalue weighted by molar-refractivity contribution is 9.10. The lowest BCUT2D eigenvalue weighted by atomic mass is 10.2. The molecule has 0 saturated carbocycles. The molecule has 0 saturated heterocycles. The van der Waals surface area contributed by atoms with E-state index in [-0.39, 0.29) is 5.91 Å². The summed E-state index contributed by atoms with van der Waals surface area (Å²) in [5.74, 6) is 2.62. The Labute approximate surface area is 151 Å². The Hall–Kier alpha value is -1.93. The molecule has 0 fully saturated rings. The van der Waals surface area contributed by atoms with E-state index in [0.29, 0.717) is 31.1 Å². The topological polar surface area (TPSA) is 81.2 Å². The van der Waals surface area contributed by atoms with Crippen LogP contribution in [0.1, 0.15) is 29.4 Å². The number of aryl methyl sites for hydroxylation is 3. The van der Waals surface area contributed by atoms with Crippen LogP contribution in [0.25, 0.3) is 10.7 Å². The van der Waals surface area contributed by atoms with Crippen molar-refractivity contribution in [2.24, 2.45) is 0 Å². The Morgan fingerprint density at radius 2 is 2.21 bits per heavy atom. The molecule has 126 valence electrons. The van der Waals surface area contributed by atoms with Gasteiger partial charge in [-0.1, -0.05) is 5.16 Å². The third kappa shape index (κ3) is 4.12. The molecular formula is C16H16BrN3O3S. The van der Waals surface area contributed by atoms with Crippen LogP contribution >= 0.6 is 27.3 Å². The van der Waals surface area contributed by atoms with E-state index in [1.807, 2.05) is 31.4 Å². The van der Waals surface area contributed by atoms with Crippen molar-refractivity contribution in [3.8, 4) is 10.7 Å². The number of carbonyl (C=O) groups is 1. The van der Waals surface area contributed by atoms with Gasteiger partial charge in [-0.15, -0.1) is 11.3 Å². The first kappa shape index (κ1) is 16.9. The first-order valence-electron chi connectivity index (χ1n) is 7.41. The number of nitrogens with one attached hydrogen (secondary N) is 1. The predicted octanol–water partition coefficient (Wildman–Crippen LogP) is 4.02. The number of aromatic nitrogens is 2. The van der Waals surface area contributed by atoms with Gasteiger partial charge in [0.15, 0.2) is 0 Å². The molecule has 0 unspecified atom stereocenters. The van der Waals surface area contributed by atoms with Crippen molar-refractivity contribution in [3.05, 3.63) is 45.0 Å². The Kier molecular flexibility index (Phi) is 5.15. The van der Waals surface area contributed by atoms with Crippen molar-refractivity contribution in [2.45, 2.75) is 33.2 Å². The van der Waals surface area contributed by atoms with Gasteiger partial charge in [0.25, 0.3) is 0 Å². The van der Waals surface area contributed by atoms with Crippen molar-refractivity contribution in [1.82, 2.24) is 15.5 Å². The number of halogens is 1. The summed E-state index contributed by atoms with van der Waals surface area (Å²) >= 11 is 4.92. The maximum absolute atomic E-state index is 12.0. The van der Waals surface area contributed by atoms with E-state index in [9.17, 15) is 4.79 Å². The molecule has 0 aliphatic heterocycles. The van der Waals surface area contributed by atoms with Crippen molar-refractivity contribution >= 4 is 33.2 Å². The largest absolute Gasteiger partial charge is 0.466 e. The van der Waals surface area contributed by atoms with Crippen LogP contribution in [0.3, 0.4) is 0 Å². The van der Waals surface area contributed by atoms with Crippen LogP contribution in [-0.4, -0.2) is 16.0 Å². The number of nitrogens with zero attached hydrogens (tertiary/aromatic N) is 2. The number of amides is 1. The molecule has 0 atom stereocenters. The summed E-state index contributed by atoms with van der Waals surface area (Å²) in [4.78, 5) is 17.2. The summed E-state index contributed by atoms with van der Waals surface area (Å²) in [5, 5.41) is 8.77. The second-order valence-corrected chi connectivity index (χ2v) is 7.18. The molecule has 1 amide bonds. The predicted molar refractivity (Wildman–Crippen MR) is 93.7 cm³/mol. The molecule has 0 aliphatic rings. The monoisotopic (exact) mass is 409 g/mol. The zero-order valence-electron chi connectivity index (χ0n) is 13.3. The third-order valence-electron chi connectivity index (χ3n) is 3.44. The number of furan rings is 1. The SMILES string of the molecule is Cc1cc(CNC(=O)CCc2nc(-c3cc(Br)cs3)no2)c(C)o1. The molecule has 0 bridgehead atoms. The van der Waals surface area contributed by atoms with Crippen molar-refractivity contribution in [3.63, 3.8) is 0 Å². The minimum absolute atomic E-state index is 0.0631. The molecule has 0 aromatic carbocycles. The molecular weight excluding hydrogens is 394 g/mol. The molecule has 24 heavy (non-hydrogen) atoms. The molecule has 3 heterocycles. The fraction of sp³-hybridized carbons (Fsp3) is 0.312. The highest BCUT2D eigenvalue weighted by Crippen LogP contribution is 2.27. The molecule has 1 N–H and O–H groups in total. The van der Waals surface area contributed by atoms with Gasteiger partial charge in [0.1, 0.15) is 11.5 Å². The van der Waals surface area contributed by atoms with E-state index in [1.54, 1.807) is 0 Å². The average molecular weight is 410 g/mol. The summed E-state index contributed by atoms with van der Waals surface area (Å²) in [6.07, 6.45) is 0.709. The molecule has 3 aromatic rings. The Morgan fingerprint density at radius 1 is 1.38 bits per heavy atom. The van der Waals surface area contributed by atoms with Crippen LogP contribution in [0.5, 0.6) is 0 Å². The Morgan fingerprint density at radius 3 is 2.88 bits per heavy atom. The van der Waals surface area contributed by atoms with Gasteiger partial charge in [-0.25, -0.2) is 0 Å². The summed E-state index contributed by atoms with van der Waals surface area (Å²) in [5.41, 5.74) is 0.990. The van der Waals surface area contributed by atoms with Gasteiger partial charge in [0.2, 0.25) is 17.6 Å². The van der Waals surface area contributed by atoms with E-state index in [2.05, 4.69) is 31.4 Å². The van der Waals surface area contributed by atoms with Gasteiger partial charge in [0.05, 0.1) is 4.88 Å². The van der Waals surface area contributed by atoms with E-state index >= 15 is 0 Å². The average Bonchev–Trinajstić information content (AvgIpc) is 3.23. The van der Waals surface area contributed by atoms with E-state index in [1.165, 1.54) is 11.3 Å². The van der Waals surface area contributed by atoms with Gasteiger partial charge < -0.3 is 14.3 Å². The smallest absolute Gasteiger partial charge is 0.227 e. The minimum atomic E-state index is -0.0631. The van der Waals surface area contributed by atoms with Gasteiger partial charge >= 0.3 is 0 Å². The first-order valence-corrected chi connectivity index (χ1v) is 9.08. The third-order valence-corrected chi connectivity index (χ3v) is 5.13. The number of hydrogen-bond donors (Lipinski definition) is 1. The van der Waals surface area contributed by atoms with Crippen LogP contribution in [0, 0.1) is 13.8 Å². The van der Waals surface area contributed by atoms with Gasteiger partial charge in [-0.05, 0) is 41.9 Å². The second kappa shape index (κ2) is 7.31. The van der Waals surface area contributed by atoms with E-state index < -0.39 is 0 Å². The quantitative estimate of drug-likeness (QED) is 0.664. The fourth-order valence-corrected chi connectivity index (χ4v) is 3.60. The van der Waals surface area contributed by atoms with Crippen LogP contribution in [-0.2, 0) is 17.8 Å². The van der Waals surface area contributed by atoms with E-state index in [4.69, 9.17) is 8.94 Å². The number of carbonyl (C=O) groups excluding carboxylic acids is 1. The summed E-state index contributed by atoms with van der Waals surface area (Å²) in [7, 11) is 0. The van der Waals surface area contributed by atoms with Gasteiger partial charge in [-0.3, -0.25) is 4.79 Å². The van der Waals surface area contributed by atoms with Crippen molar-refractivity contribution < 1.29 is 13.7 Å². The minimum Gasteiger partial charge on any atom is -0.466 e. The lowest BCUT2D eigenvalue weighted by Gasteiger charge is -2.02. The number of thiophene rings is 1. The number of hydrogen-bond acceptors (Lipinski definition) is 6. The molecule has 3 aromatic heterocycles. The summed E-state index contributed by atoms with van der Waals surface area (Å²) in [6.45, 7) is 4.23. The molecule has 0 spiro atoms. The zero-order valence-corrected chi connectivity index (χ0v) is 15.7. The van der Waals surface area contributed by atoms with E-state index in [0.717, 1.165) is 26.4 Å². The van der Waals surface area contributed by atoms with Crippen LogP contribution in [0.15, 0.2) is 30.9 Å². The van der Waals surface area contributed by atoms with Crippen LogP contribution in [0.4, 0.5) is 0 Å². The number of rotatable bonds is 6. The van der Waals surface area contributed by atoms with Crippen molar-refractivity contribution in [2.75, 3.05) is 0 Å². The van der Waals surface area contributed by atoms with Crippen LogP contribution < -0.4 is 5.32 Å². The highest BCUT2D eigenvalue weighted by atomic mass is 79.9.